The van der Waals surface area contributed by atoms with Crippen LogP contribution in [-0.2, 0) is 19.1 Å². The van der Waals surface area contributed by atoms with Crippen LogP contribution in [0.4, 0.5) is 26.1 Å². The van der Waals surface area contributed by atoms with Crippen molar-refractivity contribution >= 4 is 35.0 Å². The van der Waals surface area contributed by atoms with Crippen molar-refractivity contribution < 1.29 is 27.9 Å². The first-order valence-electron chi connectivity index (χ1n) is 20.9. The van der Waals surface area contributed by atoms with Crippen molar-refractivity contribution in [3.63, 3.8) is 0 Å². The molecule has 3 aromatic rings. The first-order chi connectivity index (χ1) is 27.8. The average molecular weight is 785 g/mol. The molecule has 3 saturated heterocycles. The number of piperidine rings is 2. The number of ether oxygens (including phenoxy) is 1. The average Bonchev–Trinajstić information content (AvgIpc) is 3.24. The second-order valence-electron chi connectivity index (χ2n) is 16.4. The molecule has 2 aliphatic carbocycles. The van der Waals surface area contributed by atoms with Gasteiger partial charge in [-0.25, -0.2) is 18.7 Å². The van der Waals surface area contributed by atoms with Crippen molar-refractivity contribution in [1.29, 1.82) is 0 Å². The lowest BCUT2D eigenvalue weighted by Gasteiger charge is -2.41. The number of hydrogen-bond donors (Lipinski definition) is 4. The van der Waals surface area contributed by atoms with Gasteiger partial charge in [-0.05, 0) is 119 Å². The summed E-state index contributed by atoms with van der Waals surface area (Å²) in [5.41, 5.74) is 3.28. The summed E-state index contributed by atoms with van der Waals surface area (Å²) < 4.78 is 35.7. The molecular formula is C43H54F2N8O4. The molecule has 0 spiro atoms. The normalized spacial score (nSPS) is 26.4. The molecule has 3 amide bonds. The number of likely N-dealkylation sites (tertiary alicyclic amines) is 1. The molecule has 4 heterocycles. The molecule has 57 heavy (non-hydrogen) atoms. The van der Waals surface area contributed by atoms with Crippen molar-refractivity contribution in [2.75, 3.05) is 54.9 Å². The maximum atomic E-state index is 15.3. The standard InChI is InChI=1S/C43H54F2N8O4/c44-36-25-32(47-38-14-15-39(54)50-42(38)56)10-13-35(36)27-16-18-52(19-17-27)33-11-4-28(5-12-33)41(55)48-30-6-8-31(9-7-30)49-43-46-26-37(45)40(51-43)29-2-1-3-34(24-29)53-20-22-57-23-21-53/h1-3,10,13,24-28,30-31,33,38,47H,4-9,11-12,14-23H2,(H,48,55)(H,46,49,51)(H,50,54,56)/t28-,30?,31?,33-,38?. The molecule has 5 fully saturated rings. The minimum Gasteiger partial charge on any atom is -0.378 e. The molecule has 1 unspecified atom stereocenters. The fourth-order valence-electron chi connectivity index (χ4n) is 9.45. The predicted octanol–water partition coefficient (Wildman–Crippen LogP) is 5.75. The maximum absolute atomic E-state index is 15.3. The molecule has 1 aromatic heterocycles. The zero-order valence-electron chi connectivity index (χ0n) is 32.5. The number of imide groups is 1. The fourth-order valence-corrected chi connectivity index (χ4v) is 9.45. The van der Waals surface area contributed by atoms with Gasteiger partial charge in [-0.1, -0.05) is 18.2 Å². The summed E-state index contributed by atoms with van der Waals surface area (Å²) in [6, 6.07) is 13.1. The van der Waals surface area contributed by atoms with Crippen LogP contribution in [0.15, 0.2) is 48.7 Å². The van der Waals surface area contributed by atoms with Gasteiger partial charge in [-0.3, -0.25) is 19.7 Å². The number of aromatic nitrogens is 2. The van der Waals surface area contributed by atoms with Crippen LogP contribution >= 0.6 is 0 Å². The summed E-state index contributed by atoms with van der Waals surface area (Å²) in [5, 5.41) is 12.2. The Morgan fingerprint density at radius 2 is 1.56 bits per heavy atom. The van der Waals surface area contributed by atoms with Crippen molar-refractivity contribution in [2.45, 2.75) is 107 Å². The second-order valence-corrected chi connectivity index (χ2v) is 16.4. The molecule has 2 saturated carbocycles. The van der Waals surface area contributed by atoms with E-state index in [4.69, 9.17) is 4.74 Å². The van der Waals surface area contributed by atoms with Gasteiger partial charge in [0, 0.05) is 60.5 Å². The number of anilines is 3. The first-order valence-corrected chi connectivity index (χ1v) is 20.9. The summed E-state index contributed by atoms with van der Waals surface area (Å²) in [6.45, 7) is 4.77. The number of amides is 3. The maximum Gasteiger partial charge on any atom is 0.249 e. The van der Waals surface area contributed by atoms with Gasteiger partial charge >= 0.3 is 0 Å². The van der Waals surface area contributed by atoms with E-state index in [1.54, 1.807) is 0 Å². The third-order valence-electron chi connectivity index (χ3n) is 12.8. The highest BCUT2D eigenvalue weighted by atomic mass is 19.1. The van der Waals surface area contributed by atoms with Crippen LogP contribution in [0.1, 0.15) is 88.5 Å². The Morgan fingerprint density at radius 3 is 2.30 bits per heavy atom. The lowest BCUT2D eigenvalue weighted by molar-refractivity contribution is -0.133. The van der Waals surface area contributed by atoms with Gasteiger partial charge in [0.05, 0.1) is 19.4 Å². The monoisotopic (exact) mass is 784 g/mol. The lowest BCUT2D eigenvalue weighted by atomic mass is 9.82. The van der Waals surface area contributed by atoms with Gasteiger partial charge in [0.25, 0.3) is 0 Å². The van der Waals surface area contributed by atoms with Gasteiger partial charge in [0.2, 0.25) is 23.7 Å². The molecule has 12 nitrogen and oxygen atoms in total. The Kier molecular flexibility index (Phi) is 12.3. The number of rotatable bonds is 10. The molecular weight excluding hydrogens is 731 g/mol. The van der Waals surface area contributed by atoms with E-state index < -0.39 is 11.9 Å². The summed E-state index contributed by atoms with van der Waals surface area (Å²) >= 11 is 0. The molecule has 0 radical (unpaired) electrons. The Morgan fingerprint density at radius 1 is 0.807 bits per heavy atom. The van der Waals surface area contributed by atoms with Crippen LogP contribution in [0.3, 0.4) is 0 Å². The number of halogens is 2. The van der Waals surface area contributed by atoms with Crippen LogP contribution in [0, 0.1) is 17.6 Å². The van der Waals surface area contributed by atoms with E-state index in [2.05, 4.69) is 41.0 Å². The summed E-state index contributed by atoms with van der Waals surface area (Å²) in [5.74, 6) is -0.613. The quantitative estimate of drug-likeness (QED) is 0.188. The predicted molar refractivity (Wildman–Crippen MR) is 214 cm³/mol. The van der Waals surface area contributed by atoms with E-state index in [1.165, 1.54) is 12.3 Å². The number of benzene rings is 2. The van der Waals surface area contributed by atoms with Crippen molar-refractivity contribution in [2.24, 2.45) is 5.92 Å². The molecule has 3 aliphatic heterocycles. The van der Waals surface area contributed by atoms with E-state index in [0.29, 0.717) is 48.4 Å². The SMILES string of the molecule is O=C1CCC(Nc2ccc(C3CCN([C@H]4CC[C@H](C(=O)NC5CCC(Nc6ncc(F)c(-c7cccc(N8CCOCC8)c7)n6)CC5)CC4)CC3)c(F)c2)C(=O)N1. The summed E-state index contributed by atoms with van der Waals surface area (Å²) in [6.07, 6.45) is 10.9. The molecule has 14 heteroatoms. The van der Waals surface area contributed by atoms with Gasteiger partial charge < -0.3 is 30.5 Å². The zero-order chi connectivity index (χ0) is 39.3. The smallest absolute Gasteiger partial charge is 0.249 e. The molecule has 2 aromatic carbocycles. The van der Waals surface area contributed by atoms with Crippen molar-refractivity contribution in [1.82, 2.24) is 25.5 Å². The van der Waals surface area contributed by atoms with Crippen LogP contribution in [0.5, 0.6) is 0 Å². The Labute approximate surface area is 332 Å². The number of hydrogen-bond acceptors (Lipinski definition) is 10. The van der Waals surface area contributed by atoms with Crippen molar-refractivity contribution in [3.8, 4) is 11.3 Å². The topological polar surface area (TPSA) is 141 Å². The van der Waals surface area contributed by atoms with Gasteiger partial charge in [-0.2, -0.15) is 0 Å². The van der Waals surface area contributed by atoms with E-state index in [0.717, 1.165) is 96.1 Å². The highest BCUT2D eigenvalue weighted by Gasteiger charge is 2.34. The van der Waals surface area contributed by atoms with E-state index in [1.807, 2.05) is 36.4 Å². The first kappa shape index (κ1) is 39.2. The molecule has 1 atom stereocenters. The highest BCUT2D eigenvalue weighted by molar-refractivity contribution is 6.01. The third-order valence-corrected chi connectivity index (χ3v) is 12.8. The minimum absolute atomic E-state index is 0.0313. The Bertz CT molecular complexity index is 1900. The molecule has 5 aliphatic rings. The summed E-state index contributed by atoms with van der Waals surface area (Å²) in [4.78, 5) is 50.5. The molecule has 0 bridgehead atoms. The molecule has 4 N–H and O–H groups in total. The number of nitrogens with one attached hydrogen (secondary N) is 4. The van der Waals surface area contributed by atoms with Gasteiger partial charge in [0.1, 0.15) is 17.6 Å². The van der Waals surface area contributed by atoms with Crippen LogP contribution in [0.2, 0.25) is 0 Å². The van der Waals surface area contributed by atoms with Crippen molar-refractivity contribution in [3.05, 3.63) is 65.9 Å². The van der Waals surface area contributed by atoms with Gasteiger partial charge in [0.15, 0.2) is 5.82 Å². The van der Waals surface area contributed by atoms with E-state index >= 15 is 4.39 Å². The molecule has 8 rings (SSSR count). The van der Waals surface area contributed by atoms with E-state index in [9.17, 15) is 18.8 Å². The number of morpholine rings is 1. The Balaban J connectivity index is 0.750. The largest absolute Gasteiger partial charge is 0.378 e. The summed E-state index contributed by atoms with van der Waals surface area (Å²) in [7, 11) is 0. The zero-order valence-corrected chi connectivity index (χ0v) is 32.5. The highest BCUT2D eigenvalue weighted by Crippen LogP contribution is 2.36. The van der Waals surface area contributed by atoms with Crippen LogP contribution < -0.4 is 26.2 Å². The number of nitrogens with zero attached hydrogens (tertiary/aromatic N) is 4. The van der Waals surface area contributed by atoms with Gasteiger partial charge in [-0.15, -0.1) is 0 Å². The van der Waals surface area contributed by atoms with Crippen LogP contribution in [-0.4, -0.2) is 96.1 Å². The molecule has 304 valence electrons. The minimum atomic E-state index is -0.544. The number of carbonyl (C=O) groups excluding carboxylic acids is 3. The number of carbonyl (C=O) groups is 3. The van der Waals surface area contributed by atoms with E-state index in [-0.39, 0.29) is 59.6 Å². The third kappa shape index (κ3) is 9.55. The second kappa shape index (κ2) is 17.8. The van der Waals surface area contributed by atoms with Crippen LogP contribution in [0.25, 0.3) is 11.3 Å². The Hall–Kier alpha value is -4.69. The lowest BCUT2D eigenvalue weighted by Crippen LogP contribution is -2.47. The fraction of sp³-hybridized carbons (Fsp3) is 0.558.